The summed E-state index contributed by atoms with van der Waals surface area (Å²) >= 11 is 1.58. The Kier molecular flexibility index (Phi) is 5.26. The quantitative estimate of drug-likeness (QED) is 0.436. The van der Waals surface area contributed by atoms with Gasteiger partial charge < -0.3 is 15.0 Å². The van der Waals surface area contributed by atoms with Gasteiger partial charge in [0, 0.05) is 10.6 Å². The first-order chi connectivity index (χ1) is 15.2. The number of rotatable bonds is 5. The lowest BCUT2D eigenvalue weighted by Gasteiger charge is -2.11. The molecule has 0 amide bonds. The zero-order chi connectivity index (χ0) is 21.2. The Balaban J connectivity index is 1.35. The molecule has 5 rings (SSSR count). The molecule has 2 N–H and O–H groups in total. The number of aromatic nitrogens is 2. The summed E-state index contributed by atoms with van der Waals surface area (Å²) in [6.07, 6.45) is 4.19. The highest BCUT2D eigenvalue weighted by molar-refractivity contribution is 7.18. The fourth-order valence-corrected chi connectivity index (χ4v) is 5.22. The van der Waals surface area contributed by atoms with E-state index in [0.717, 1.165) is 41.8 Å². The van der Waals surface area contributed by atoms with Crippen molar-refractivity contribution >= 4 is 38.9 Å². The monoisotopic (exact) mass is 431 g/mol. The minimum absolute atomic E-state index is 0.0910. The number of hydrogen-bond acceptors (Lipinski definition) is 6. The van der Waals surface area contributed by atoms with Crippen LogP contribution in [0.2, 0.25) is 0 Å². The van der Waals surface area contributed by atoms with Gasteiger partial charge in [0.05, 0.1) is 16.6 Å². The molecule has 2 heterocycles. The molecular weight excluding hydrogens is 410 g/mol. The number of aromatic amines is 1. The number of fused-ring (bicyclic) bond motifs is 3. The number of aryl methyl sites for hydroxylation is 2. The van der Waals surface area contributed by atoms with Crippen LogP contribution < -0.4 is 10.9 Å². The first-order valence-corrected chi connectivity index (χ1v) is 11.1. The van der Waals surface area contributed by atoms with Crippen LogP contribution in [0, 0.1) is 0 Å². The van der Waals surface area contributed by atoms with Crippen LogP contribution in [-0.2, 0) is 24.2 Å². The molecule has 0 bridgehead atoms. The predicted molar refractivity (Wildman–Crippen MR) is 122 cm³/mol. The van der Waals surface area contributed by atoms with E-state index in [4.69, 9.17) is 4.74 Å². The molecule has 0 aliphatic heterocycles. The number of thiophene rings is 1. The van der Waals surface area contributed by atoms with E-state index in [2.05, 4.69) is 15.3 Å². The Bertz CT molecular complexity index is 1310. The normalized spacial score (nSPS) is 13.0. The summed E-state index contributed by atoms with van der Waals surface area (Å²) in [5, 5.41) is 3.94. The van der Waals surface area contributed by atoms with E-state index < -0.39 is 5.97 Å². The first kappa shape index (κ1) is 19.5. The number of carbonyl (C=O) groups excluding carboxylic acids is 1. The zero-order valence-electron chi connectivity index (χ0n) is 16.8. The van der Waals surface area contributed by atoms with Crippen molar-refractivity contribution in [3.05, 3.63) is 86.8 Å². The number of para-hydroxylation sites is 2. The van der Waals surface area contributed by atoms with Crippen LogP contribution in [0.1, 0.15) is 39.5 Å². The summed E-state index contributed by atoms with van der Waals surface area (Å²) in [5.74, 6) is -0.120. The van der Waals surface area contributed by atoms with Crippen molar-refractivity contribution < 1.29 is 9.53 Å². The second-order valence-electron chi connectivity index (χ2n) is 7.52. The Morgan fingerprint density at radius 2 is 1.84 bits per heavy atom. The molecule has 7 heteroatoms. The molecule has 1 aliphatic carbocycles. The van der Waals surface area contributed by atoms with Crippen molar-refractivity contribution in [3.8, 4) is 0 Å². The predicted octanol–water partition coefficient (Wildman–Crippen LogP) is 4.96. The molecule has 2 aromatic carbocycles. The van der Waals surface area contributed by atoms with Gasteiger partial charge in [-0.3, -0.25) is 4.79 Å². The maximum absolute atomic E-state index is 12.8. The van der Waals surface area contributed by atoms with Gasteiger partial charge in [0.15, 0.2) is 0 Å². The van der Waals surface area contributed by atoms with Crippen LogP contribution in [0.15, 0.2) is 59.4 Å². The molecule has 4 aromatic rings. The van der Waals surface area contributed by atoms with E-state index >= 15 is 0 Å². The van der Waals surface area contributed by atoms with E-state index in [-0.39, 0.29) is 12.2 Å². The van der Waals surface area contributed by atoms with Crippen molar-refractivity contribution in [2.24, 2.45) is 0 Å². The smallest absolute Gasteiger partial charge is 0.340 e. The van der Waals surface area contributed by atoms with Crippen molar-refractivity contribution in [2.45, 2.75) is 32.3 Å². The van der Waals surface area contributed by atoms with Crippen LogP contribution in [0.3, 0.4) is 0 Å². The lowest BCUT2D eigenvalue weighted by atomic mass is 9.97. The number of carbonyl (C=O) groups is 1. The van der Waals surface area contributed by atoms with Crippen LogP contribution in [-0.4, -0.2) is 15.9 Å². The lowest BCUT2D eigenvalue weighted by molar-refractivity contribution is 0.0463. The Hall–Kier alpha value is -3.45. The summed E-state index contributed by atoms with van der Waals surface area (Å²) in [4.78, 5) is 34.8. The van der Waals surface area contributed by atoms with E-state index in [9.17, 15) is 9.59 Å². The SMILES string of the molecule is O=C(OCc1nc2sc3c(c2c(=O)[nH]1)CCCC3)c1ccccc1Nc1ccccc1. The molecule has 156 valence electrons. The van der Waals surface area contributed by atoms with E-state index in [0.29, 0.717) is 22.5 Å². The van der Waals surface area contributed by atoms with Crippen molar-refractivity contribution in [3.63, 3.8) is 0 Å². The van der Waals surface area contributed by atoms with Gasteiger partial charge >= 0.3 is 5.97 Å². The van der Waals surface area contributed by atoms with Crippen LogP contribution in [0.25, 0.3) is 10.2 Å². The molecular formula is C24H21N3O3S. The number of hydrogen-bond donors (Lipinski definition) is 2. The molecule has 0 spiro atoms. The Morgan fingerprint density at radius 1 is 1.06 bits per heavy atom. The average molecular weight is 432 g/mol. The van der Waals surface area contributed by atoms with Gasteiger partial charge in [-0.1, -0.05) is 30.3 Å². The van der Waals surface area contributed by atoms with Crippen molar-refractivity contribution in [2.75, 3.05) is 5.32 Å². The van der Waals surface area contributed by atoms with E-state index in [1.54, 1.807) is 23.5 Å². The molecule has 0 saturated heterocycles. The molecule has 0 atom stereocenters. The molecule has 0 radical (unpaired) electrons. The number of ether oxygens (including phenoxy) is 1. The van der Waals surface area contributed by atoms with Gasteiger partial charge in [-0.2, -0.15) is 0 Å². The number of nitrogens with one attached hydrogen (secondary N) is 2. The Labute approximate surface area is 182 Å². The summed E-state index contributed by atoms with van der Waals surface area (Å²) in [6, 6.07) is 16.8. The third-order valence-corrected chi connectivity index (χ3v) is 6.60. The van der Waals surface area contributed by atoms with Gasteiger partial charge in [-0.25, -0.2) is 9.78 Å². The summed E-state index contributed by atoms with van der Waals surface area (Å²) in [6.45, 7) is -0.0910. The number of benzene rings is 2. The first-order valence-electron chi connectivity index (χ1n) is 10.3. The van der Waals surface area contributed by atoms with Crippen molar-refractivity contribution in [1.29, 1.82) is 0 Å². The molecule has 6 nitrogen and oxygen atoms in total. The highest BCUT2D eigenvalue weighted by Gasteiger charge is 2.20. The highest BCUT2D eigenvalue weighted by atomic mass is 32.1. The standard InChI is InChI=1S/C24H21N3O3S/c28-22-21-17-11-5-7-13-19(17)31-23(21)27-20(26-22)14-30-24(29)16-10-4-6-12-18(16)25-15-8-2-1-3-9-15/h1-4,6,8-10,12,25H,5,7,11,13-14H2,(H,26,27,28). The number of anilines is 2. The summed E-state index contributed by atoms with van der Waals surface area (Å²) < 4.78 is 5.49. The maximum atomic E-state index is 12.8. The van der Waals surface area contributed by atoms with E-state index in [1.165, 1.54) is 4.88 Å². The topological polar surface area (TPSA) is 84.1 Å². The molecule has 0 unspecified atom stereocenters. The number of nitrogens with zero attached hydrogens (tertiary/aromatic N) is 1. The second-order valence-corrected chi connectivity index (χ2v) is 8.60. The zero-order valence-corrected chi connectivity index (χ0v) is 17.6. The lowest BCUT2D eigenvalue weighted by Crippen LogP contribution is -2.15. The molecule has 0 fully saturated rings. The highest BCUT2D eigenvalue weighted by Crippen LogP contribution is 2.33. The fourth-order valence-electron chi connectivity index (χ4n) is 3.94. The summed E-state index contributed by atoms with van der Waals surface area (Å²) in [5.41, 5.74) is 2.94. The number of esters is 1. The van der Waals surface area contributed by atoms with Crippen molar-refractivity contribution in [1.82, 2.24) is 9.97 Å². The summed E-state index contributed by atoms with van der Waals surface area (Å²) in [7, 11) is 0. The maximum Gasteiger partial charge on any atom is 0.340 e. The molecule has 1 aliphatic rings. The molecule has 0 saturated carbocycles. The van der Waals surface area contributed by atoms with Gasteiger partial charge in [0.2, 0.25) is 0 Å². The average Bonchev–Trinajstić information content (AvgIpc) is 3.17. The minimum atomic E-state index is -0.479. The van der Waals surface area contributed by atoms with Crippen LogP contribution in [0.4, 0.5) is 11.4 Å². The van der Waals surface area contributed by atoms with Gasteiger partial charge in [0.25, 0.3) is 5.56 Å². The largest absolute Gasteiger partial charge is 0.454 e. The van der Waals surface area contributed by atoms with Crippen LogP contribution in [0.5, 0.6) is 0 Å². The van der Waals surface area contributed by atoms with E-state index in [1.807, 2.05) is 42.5 Å². The van der Waals surface area contributed by atoms with Gasteiger partial charge in [0.1, 0.15) is 17.3 Å². The molecule has 2 aromatic heterocycles. The van der Waals surface area contributed by atoms with Crippen LogP contribution >= 0.6 is 11.3 Å². The number of H-pyrrole nitrogens is 1. The van der Waals surface area contributed by atoms with Gasteiger partial charge in [-0.05, 0) is 55.5 Å². The third-order valence-electron chi connectivity index (χ3n) is 5.41. The fraction of sp³-hybridized carbons (Fsp3) is 0.208. The minimum Gasteiger partial charge on any atom is -0.454 e. The third kappa shape index (κ3) is 3.96. The Morgan fingerprint density at radius 3 is 2.71 bits per heavy atom. The second kappa shape index (κ2) is 8.35. The van der Waals surface area contributed by atoms with Gasteiger partial charge in [-0.15, -0.1) is 11.3 Å². The molecule has 31 heavy (non-hydrogen) atoms.